The molecule has 0 aliphatic heterocycles. The lowest BCUT2D eigenvalue weighted by atomic mass is 9.71. The van der Waals surface area contributed by atoms with Crippen LogP contribution in [-0.4, -0.2) is 66.8 Å². The predicted molar refractivity (Wildman–Crippen MR) is 120 cm³/mol. The molecule has 0 aliphatic rings. The summed E-state index contributed by atoms with van der Waals surface area (Å²) in [7, 11) is 0. The van der Waals surface area contributed by atoms with E-state index in [2.05, 4.69) is 0 Å². The average molecular weight is 540 g/mol. The molecule has 2 aromatic carbocycles. The van der Waals surface area contributed by atoms with Crippen LogP contribution in [0.2, 0.25) is 0 Å². The molecule has 2 aromatic rings. The molecule has 0 spiro atoms. The normalized spacial score (nSPS) is 18.5. The summed E-state index contributed by atoms with van der Waals surface area (Å²) in [5.41, 5.74) is -9.23. The number of hydrogen-bond donors (Lipinski definition) is 6. The Morgan fingerprint density at radius 1 is 0.730 bits per heavy atom. The highest BCUT2D eigenvalue weighted by atomic mass is 19.4. The Hall–Kier alpha value is -2.22. The van der Waals surface area contributed by atoms with Crippen molar-refractivity contribution in [3.05, 3.63) is 70.8 Å². The second-order valence-electron chi connectivity index (χ2n) is 9.11. The van der Waals surface area contributed by atoms with Crippen molar-refractivity contribution in [3.8, 4) is 0 Å². The molecule has 6 N–H and O–H groups in total. The van der Waals surface area contributed by atoms with Crippen molar-refractivity contribution in [1.82, 2.24) is 0 Å². The summed E-state index contributed by atoms with van der Waals surface area (Å²) in [5, 5.41) is 64.1. The molecule has 0 heterocycles. The van der Waals surface area contributed by atoms with Gasteiger partial charge in [-0.3, -0.25) is 0 Å². The van der Waals surface area contributed by atoms with Crippen molar-refractivity contribution < 1.29 is 57.0 Å². The van der Waals surface area contributed by atoms with Gasteiger partial charge in [0.15, 0.2) is 0 Å². The van der Waals surface area contributed by atoms with E-state index < -0.39 is 90.0 Å². The molecule has 1 unspecified atom stereocenters. The van der Waals surface area contributed by atoms with Crippen molar-refractivity contribution in [1.29, 1.82) is 0 Å². The second-order valence-corrected chi connectivity index (χ2v) is 9.11. The van der Waals surface area contributed by atoms with E-state index in [0.717, 1.165) is 30.3 Å². The Morgan fingerprint density at radius 2 is 1.16 bits per heavy atom. The lowest BCUT2D eigenvalue weighted by molar-refractivity contribution is -0.230. The molecular weight excluding hydrogens is 510 g/mol. The van der Waals surface area contributed by atoms with Crippen LogP contribution in [0, 0.1) is 0 Å². The molecule has 0 radical (unpaired) electrons. The second kappa shape index (κ2) is 11.7. The van der Waals surface area contributed by atoms with E-state index in [-0.39, 0.29) is 6.42 Å². The van der Waals surface area contributed by atoms with Gasteiger partial charge in [0.2, 0.25) is 0 Å². The van der Waals surface area contributed by atoms with Crippen LogP contribution in [0.15, 0.2) is 48.5 Å². The highest BCUT2D eigenvalue weighted by molar-refractivity contribution is 5.34. The van der Waals surface area contributed by atoms with Crippen LogP contribution in [-0.2, 0) is 25.2 Å². The summed E-state index contributed by atoms with van der Waals surface area (Å²) in [6, 6.07) is 7.99. The number of halogens is 6. The minimum Gasteiger partial charge on any atom is -0.394 e. The molecule has 5 atom stereocenters. The van der Waals surface area contributed by atoms with Gasteiger partial charge in [0.1, 0.15) is 23.9 Å². The van der Waals surface area contributed by atoms with Gasteiger partial charge >= 0.3 is 12.4 Å². The molecule has 2 rings (SSSR count). The Bertz CT molecular complexity index is 1030. The van der Waals surface area contributed by atoms with Crippen molar-refractivity contribution in [2.75, 3.05) is 6.61 Å². The summed E-state index contributed by atoms with van der Waals surface area (Å²) in [6.45, 7) is 0.324. The van der Waals surface area contributed by atoms with Crippen LogP contribution in [0.1, 0.15) is 42.0 Å². The molecule has 37 heavy (non-hydrogen) atoms. The van der Waals surface area contributed by atoms with Crippen LogP contribution >= 0.6 is 0 Å². The van der Waals surface area contributed by atoms with Gasteiger partial charge in [-0.15, -0.1) is 0 Å². The fourth-order valence-electron chi connectivity index (χ4n) is 4.55. The van der Waals surface area contributed by atoms with Crippen LogP contribution in [0.5, 0.6) is 0 Å². The van der Waals surface area contributed by atoms with Crippen molar-refractivity contribution in [2.24, 2.45) is 0 Å². The van der Waals surface area contributed by atoms with Gasteiger partial charge in [-0.2, -0.15) is 26.3 Å². The van der Waals surface area contributed by atoms with Gasteiger partial charge in [0, 0.05) is 12.8 Å². The lowest BCUT2D eigenvalue weighted by Crippen LogP contribution is -2.66. The topological polar surface area (TPSA) is 121 Å². The summed E-state index contributed by atoms with van der Waals surface area (Å²) in [5.74, 6) is 0. The van der Waals surface area contributed by atoms with Gasteiger partial charge in [-0.1, -0.05) is 49.7 Å². The van der Waals surface area contributed by atoms with Gasteiger partial charge in [0.05, 0.1) is 23.3 Å². The summed E-state index contributed by atoms with van der Waals surface area (Å²) in [6.07, 6.45) is -19.5. The van der Waals surface area contributed by atoms with E-state index in [1.165, 1.54) is 19.1 Å². The third-order valence-electron chi connectivity index (χ3n) is 6.34. The Kier molecular flexibility index (Phi) is 9.77. The molecule has 208 valence electrons. The minimum absolute atomic E-state index is 0.0512. The minimum atomic E-state index is -4.92. The first kappa shape index (κ1) is 31.0. The van der Waals surface area contributed by atoms with Gasteiger partial charge in [-0.05, 0) is 29.7 Å². The molecule has 6 nitrogen and oxygen atoms in total. The average Bonchev–Trinajstić information content (AvgIpc) is 2.81. The highest BCUT2D eigenvalue weighted by Gasteiger charge is 2.55. The molecule has 0 bridgehead atoms. The zero-order valence-electron chi connectivity index (χ0n) is 19.8. The highest BCUT2D eigenvalue weighted by Crippen LogP contribution is 2.40. The Morgan fingerprint density at radius 3 is 1.57 bits per heavy atom. The van der Waals surface area contributed by atoms with Crippen LogP contribution < -0.4 is 0 Å². The van der Waals surface area contributed by atoms with Crippen LogP contribution in [0.4, 0.5) is 26.3 Å². The summed E-state index contributed by atoms with van der Waals surface area (Å²) in [4.78, 5) is 0. The molecule has 0 aromatic heterocycles. The SMILES string of the molecule is CCCC(O)(Cc1ccccc1C(F)(F)F)[C@@H](O)[C@@](O)(Cc1ccccc1C(F)(F)F)[C@H](O)[C@@H](O)CO. The summed E-state index contributed by atoms with van der Waals surface area (Å²) >= 11 is 0. The first-order valence-electron chi connectivity index (χ1n) is 11.4. The number of benzene rings is 2. The maximum atomic E-state index is 13.6. The standard InChI is InChI=1S/C25H30F6O6/c1-2-11-22(36,12-15-7-3-5-9-17(15)24(26,27)28)21(35)23(37,20(34)19(33)14-32)13-16-8-4-6-10-18(16)25(29,30)31/h3-10,19-21,32-37H,2,11-14H2,1H3/t19-,20+,21+,22?,23+/m0/s1. The molecule has 12 heteroatoms. The largest absolute Gasteiger partial charge is 0.416 e. The number of aliphatic hydroxyl groups excluding tert-OH is 4. The smallest absolute Gasteiger partial charge is 0.394 e. The van der Waals surface area contributed by atoms with Crippen LogP contribution in [0.25, 0.3) is 0 Å². The third-order valence-corrected chi connectivity index (χ3v) is 6.34. The quantitative estimate of drug-likeness (QED) is 0.244. The zero-order valence-corrected chi connectivity index (χ0v) is 19.8. The predicted octanol–water partition coefficient (Wildman–Crippen LogP) is 2.85. The first-order chi connectivity index (χ1) is 17.0. The van der Waals surface area contributed by atoms with E-state index in [4.69, 9.17) is 0 Å². The number of aliphatic hydroxyl groups is 6. The van der Waals surface area contributed by atoms with E-state index >= 15 is 0 Å². The fraction of sp³-hybridized carbons (Fsp3) is 0.520. The van der Waals surface area contributed by atoms with Crippen molar-refractivity contribution >= 4 is 0 Å². The monoisotopic (exact) mass is 540 g/mol. The van der Waals surface area contributed by atoms with Gasteiger partial charge < -0.3 is 30.6 Å². The van der Waals surface area contributed by atoms with E-state index in [9.17, 15) is 57.0 Å². The van der Waals surface area contributed by atoms with Crippen molar-refractivity contribution in [3.63, 3.8) is 0 Å². The third kappa shape index (κ3) is 7.01. The molecule has 0 fully saturated rings. The maximum absolute atomic E-state index is 13.6. The number of rotatable bonds is 11. The number of hydrogen-bond acceptors (Lipinski definition) is 6. The molecule has 0 aliphatic carbocycles. The van der Waals surface area contributed by atoms with Crippen molar-refractivity contribution in [2.45, 2.75) is 74.5 Å². The molecule has 0 saturated carbocycles. The van der Waals surface area contributed by atoms with Gasteiger partial charge in [-0.25, -0.2) is 0 Å². The summed E-state index contributed by atoms with van der Waals surface area (Å²) < 4.78 is 81.5. The van der Waals surface area contributed by atoms with E-state index in [1.54, 1.807) is 0 Å². The maximum Gasteiger partial charge on any atom is 0.416 e. The lowest BCUT2D eigenvalue weighted by Gasteiger charge is -2.46. The molecular formula is C25H30F6O6. The van der Waals surface area contributed by atoms with E-state index in [0.29, 0.717) is 6.07 Å². The Balaban J connectivity index is 2.66. The van der Waals surface area contributed by atoms with E-state index in [1.807, 2.05) is 0 Å². The molecule has 0 saturated heterocycles. The zero-order chi connectivity index (χ0) is 28.2. The Labute approximate surface area is 209 Å². The number of alkyl halides is 6. The first-order valence-corrected chi connectivity index (χ1v) is 11.4. The van der Waals surface area contributed by atoms with Crippen LogP contribution in [0.3, 0.4) is 0 Å². The fourth-order valence-corrected chi connectivity index (χ4v) is 4.55. The van der Waals surface area contributed by atoms with Gasteiger partial charge in [0.25, 0.3) is 0 Å². The molecule has 0 amide bonds.